The summed E-state index contributed by atoms with van der Waals surface area (Å²) in [7, 11) is 0. The highest BCUT2D eigenvalue weighted by atomic mass is 35.5. The summed E-state index contributed by atoms with van der Waals surface area (Å²) in [4.78, 5) is 5.95. The van der Waals surface area contributed by atoms with Gasteiger partial charge in [-0.15, -0.1) is 11.3 Å². The molecule has 2 rings (SSSR count). The number of rotatable bonds is 5. The zero-order valence-electron chi connectivity index (χ0n) is 10.7. The Hall–Kier alpha value is -0.900. The van der Waals surface area contributed by atoms with Crippen LogP contribution in [0.5, 0.6) is 0 Å². The van der Waals surface area contributed by atoms with Gasteiger partial charge in [0.25, 0.3) is 0 Å². The maximum absolute atomic E-state index is 5.99. The molecule has 0 unspecified atom stereocenters. The van der Waals surface area contributed by atoms with Gasteiger partial charge in [0.15, 0.2) is 0 Å². The fourth-order valence-electron chi connectivity index (χ4n) is 1.79. The van der Waals surface area contributed by atoms with Crippen LogP contribution in [0.1, 0.15) is 28.1 Å². The van der Waals surface area contributed by atoms with Crippen LogP contribution in [-0.4, -0.2) is 11.5 Å². The van der Waals surface area contributed by atoms with Gasteiger partial charge >= 0.3 is 0 Å². The maximum Gasteiger partial charge on any atom is 0.0975 e. The zero-order chi connectivity index (χ0) is 13.0. The predicted molar refractivity (Wildman–Crippen MR) is 78.5 cm³/mol. The van der Waals surface area contributed by atoms with Crippen molar-refractivity contribution in [3.05, 3.63) is 50.4 Å². The van der Waals surface area contributed by atoms with Gasteiger partial charge in [0.1, 0.15) is 0 Å². The van der Waals surface area contributed by atoms with Gasteiger partial charge in [-0.3, -0.25) is 0 Å². The van der Waals surface area contributed by atoms with Crippen LogP contribution in [0.15, 0.2) is 24.3 Å². The van der Waals surface area contributed by atoms with Crippen LogP contribution in [0.4, 0.5) is 0 Å². The summed E-state index contributed by atoms with van der Waals surface area (Å²) in [6.07, 6.45) is 0.859. The molecule has 1 aromatic heterocycles. The lowest BCUT2D eigenvalue weighted by atomic mass is 10.2. The van der Waals surface area contributed by atoms with E-state index in [9.17, 15) is 0 Å². The molecule has 0 fully saturated rings. The van der Waals surface area contributed by atoms with E-state index in [1.54, 1.807) is 11.3 Å². The molecule has 18 heavy (non-hydrogen) atoms. The number of benzene rings is 1. The van der Waals surface area contributed by atoms with Gasteiger partial charge in [-0.05, 0) is 31.2 Å². The number of hydrogen-bond donors (Lipinski definition) is 1. The molecule has 0 aliphatic carbocycles. The second kappa shape index (κ2) is 6.32. The highest BCUT2D eigenvalue weighted by Crippen LogP contribution is 2.21. The summed E-state index contributed by atoms with van der Waals surface area (Å²) in [5.74, 6) is 0. The van der Waals surface area contributed by atoms with E-state index < -0.39 is 0 Å². The first-order valence-electron chi connectivity index (χ1n) is 6.09. The number of aromatic nitrogens is 1. The van der Waals surface area contributed by atoms with Crippen molar-refractivity contribution in [2.75, 3.05) is 6.54 Å². The summed E-state index contributed by atoms with van der Waals surface area (Å²) in [5.41, 5.74) is 2.35. The Morgan fingerprint density at radius 3 is 2.94 bits per heavy atom. The van der Waals surface area contributed by atoms with E-state index >= 15 is 0 Å². The number of nitrogens with zero attached hydrogens (tertiary/aromatic N) is 1. The van der Waals surface area contributed by atoms with Gasteiger partial charge in [0, 0.05) is 22.9 Å². The molecule has 0 saturated heterocycles. The molecule has 0 spiro atoms. The molecule has 0 radical (unpaired) electrons. The van der Waals surface area contributed by atoms with Gasteiger partial charge in [-0.25, -0.2) is 4.98 Å². The molecular weight excluding hydrogens is 264 g/mol. The number of aryl methyl sites for hydroxylation is 1. The molecule has 1 heterocycles. The van der Waals surface area contributed by atoms with Crippen molar-refractivity contribution in [1.82, 2.24) is 10.3 Å². The van der Waals surface area contributed by atoms with Gasteiger partial charge in [-0.2, -0.15) is 0 Å². The van der Waals surface area contributed by atoms with E-state index in [0.717, 1.165) is 35.2 Å². The molecule has 0 aliphatic heterocycles. The van der Waals surface area contributed by atoms with Crippen molar-refractivity contribution in [3.63, 3.8) is 0 Å². The van der Waals surface area contributed by atoms with E-state index in [-0.39, 0.29) is 0 Å². The number of thiazole rings is 1. The molecule has 0 aliphatic rings. The van der Waals surface area contributed by atoms with E-state index in [1.807, 2.05) is 18.2 Å². The fourth-order valence-corrected chi connectivity index (χ4v) is 3.07. The minimum atomic E-state index is 0.786. The molecule has 0 atom stereocenters. The van der Waals surface area contributed by atoms with Gasteiger partial charge in [-0.1, -0.05) is 30.7 Å². The smallest absolute Gasteiger partial charge is 0.0975 e. The Morgan fingerprint density at radius 1 is 1.39 bits per heavy atom. The average molecular weight is 281 g/mol. The summed E-state index contributed by atoms with van der Waals surface area (Å²) in [6.45, 7) is 6.09. The van der Waals surface area contributed by atoms with Crippen molar-refractivity contribution in [3.8, 4) is 0 Å². The molecule has 1 aromatic carbocycles. The maximum atomic E-state index is 5.99. The largest absolute Gasteiger partial charge is 0.312 e. The van der Waals surface area contributed by atoms with Crippen LogP contribution in [0.2, 0.25) is 5.02 Å². The summed E-state index contributed by atoms with van der Waals surface area (Å²) < 4.78 is 0. The lowest BCUT2D eigenvalue weighted by Gasteiger charge is -1.98. The standard InChI is InChI=1S/C14H17ClN2S/c1-3-16-9-13-10(2)17-14(18-13)8-11-5-4-6-12(15)7-11/h4-7,16H,3,8-9H2,1-2H3. The first kappa shape index (κ1) is 13.5. The predicted octanol–water partition coefficient (Wildman–Crippen LogP) is 3.81. The first-order valence-corrected chi connectivity index (χ1v) is 7.29. The third-order valence-corrected chi connectivity index (χ3v) is 4.11. The van der Waals surface area contributed by atoms with Crippen LogP contribution in [0, 0.1) is 6.92 Å². The second-order valence-corrected chi connectivity index (χ2v) is 5.81. The van der Waals surface area contributed by atoms with Gasteiger partial charge in [0.2, 0.25) is 0 Å². The van der Waals surface area contributed by atoms with Crippen LogP contribution < -0.4 is 5.32 Å². The Kier molecular flexibility index (Phi) is 4.75. The minimum Gasteiger partial charge on any atom is -0.312 e. The van der Waals surface area contributed by atoms with Gasteiger partial charge < -0.3 is 5.32 Å². The van der Waals surface area contributed by atoms with Crippen molar-refractivity contribution < 1.29 is 0 Å². The summed E-state index contributed by atoms with van der Waals surface area (Å²) >= 11 is 7.77. The third-order valence-electron chi connectivity index (χ3n) is 2.72. The Labute approximate surface area is 117 Å². The first-order chi connectivity index (χ1) is 8.69. The SMILES string of the molecule is CCNCc1sc(Cc2cccc(Cl)c2)nc1C. The molecule has 2 nitrogen and oxygen atoms in total. The molecule has 1 N–H and O–H groups in total. The van der Waals surface area contributed by atoms with E-state index in [2.05, 4.69) is 30.2 Å². The fraction of sp³-hybridized carbons (Fsp3) is 0.357. The van der Waals surface area contributed by atoms with Crippen LogP contribution >= 0.6 is 22.9 Å². The second-order valence-electron chi connectivity index (χ2n) is 4.20. The molecule has 4 heteroatoms. The third kappa shape index (κ3) is 3.55. The van der Waals surface area contributed by atoms with Crippen molar-refractivity contribution in [2.24, 2.45) is 0 Å². The topological polar surface area (TPSA) is 24.9 Å². The Bertz CT molecular complexity index is 522. The number of halogens is 1. The lowest BCUT2D eigenvalue weighted by Crippen LogP contribution is -2.11. The minimum absolute atomic E-state index is 0.786. The van der Waals surface area contributed by atoms with Crippen molar-refractivity contribution >= 4 is 22.9 Å². The van der Waals surface area contributed by atoms with Crippen LogP contribution in [-0.2, 0) is 13.0 Å². The molecule has 0 bridgehead atoms. The quantitative estimate of drug-likeness (QED) is 0.901. The van der Waals surface area contributed by atoms with Crippen LogP contribution in [0.3, 0.4) is 0 Å². The molecule has 2 aromatic rings. The normalized spacial score (nSPS) is 10.8. The molecule has 0 amide bonds. The lowest BCUT2D eigenvalue weighted by molar-refractivity contribution is 0.731. The van der Waals surface area contributed by atoms with E-state index in [4.69, 9.17) is 11.6 Å². The summed E-state index contributed by atoms with van der Waals surface area (Å²) in [5, 5.41) is 5.28. The van der Waals surface area contributed by atoms with E-state index in [0.29, 0.717) is 0 Å². The monoisotopic (exact) mass is 280 g/mol. The molecular formula is C14H17ClN2S. The molecule has 0 saturated carbocycles. The van der Waals surface area contributed by atoms with E-state index in [1.165, 1.54) is 10.4 Å². The number of nitrogens with one attached hydrogen (secondary N) is 1. The Morgan fingerprint density at radius 2 is 2.22 bits per heavy atom. The van der Waals surface area contributed by atoms with Crippen molar-refractivity contribution in [2.45, 2.75) is 26.8 Å². The summed E-state index contributed by atoms with van der Waals surface area (Å²) in [6, 6.07) is 7.97. The highest BCUT2D eigenvalue weighted by molar-refractivity contribution is 7.11. The van der Waals surface area contributed by atoms with Crippen molar-refractivity contribution in [1.29, 1.82) is 0 Å². The highest BCUT2D eigenvalue weighted by Gasteiger charge is 2.07. The zero-order valence-corrected chi connectivity index (χ0v) is 12.2. The molecule has 96 valence electrons. The van der Waals surface area contributed by atoms with Gasteiger partial charge in [0.05, 0.1) is 10.7 Å². The number of hydrogen-bond acceptors (Lipinski definition) is 3. The average Bonchev–Trinajstić information content (AvgIpc) is 2.67. The Balaban J connectivity index is 2.10. The van der Waals surface area contributed by atoms with Crippen LogP contribution in [0.25, 0.3) is 0 Å².